The first-order valence-corrected chi connectivity index (χ1v) is 11.9. The smallest absolute Gasteiger partial charge is 0.303 e. The number of fused-ring (bicyclic) bond motifs is 1. The van der Waals surface area contributed by atoms with Gasteiger partial charge in [-0.3, -0.25) is 43.6 Å². The molecule has 1 aliphatic rings. The lowest BCUT2D eigenvalue weighted by molar-refractivity contribution is -0.177. The van der Waals surface area contributed by atoms with Crippen molar-refractivity contribution in [3.05, 3.63) is 16.7 Å². The molecule has 0 aliphatic carbocycles. The van der Waals surface area contributed by atoms with Gasteiger partial charge in [-0.25, -0.2) is 4.98 Å². The normalized spacial score (nSPS) is 21.3. The van der Waals surface area contributed by atoms with E-state index in [1.807, 2.05) is 0 Å². The predicted molar refractivity (Wildman–Crippen MR) is 129 cm³/mol. The van der Waals surface area contributed by atoms with Gasteiger partial charge in [-0.2, -0.15) is 4.98 Å². The summed E-state index contributed by atoms with van der Waals surface area (Å²) in [4.78, 5) is 82.9. The standard InChI is InChI=1S/C23H29N5O11/c1-9(2)20(33)26-23-25-19-15(21(34)27-23)24-8-28(19)22-18(38-13(6)32)17(37-12(5)31)16(39-22)14(36-11(4)30)7-35-10(3)29/h8-9,14,16-18,22H,7H2,1-6H3,(H2,25,26,27,33,34)/t14-,16+,17+,18+,22+/m0/s1. The van der Waals surface area contributed by atoms with Crippen molar-refractivity contribution in [1.82, 2.24) is 19.5 Å². The van der Waals surface area contributed by atoms with Crippen LogP contribution < -0.4 is 10.9 Å². The number of nitrogens with zero attached hydrogens (tertiary/aromatic N) is 3. The molecule has 1 amide bonds. The van der Waals surface area contributed by atoms with Crippen LogP contribution in [0, 0.1) is 5.92 Å². The summed E-state index contributed by atoms with van der Waals surface area (Å²) in [7, 11) is 0. The molecule has 5 atom stereocenters. The third-order valence-electron chi connectivity index (χ3n) is 5.44. The Balaban J connectivity index is 2.12. The molecule has 0 aromatic carbocycles. The summed E-state index contributed by atoms with van der Waals surface area (Å²) in [6.07, 6.45) is -5.42. The highest BCUT2D eigenvalue weighted by Crippen LogP contribution is 2.37. The zero-order valence-electron chi connectivity index (χ0n) is 22.1. The number of aromatic amines is 1. The summed E-state index contributed by atoms with van der Waals surface area (Å²) in [5.74, 6) is -3.97. The summed E-state index contributed by atoms with van der Waals surface area (Å²) in [5.41, 5.74) is -0.876. The van der Waals surface area contributed by atoms with Crippen LogP contribution in [0.5, 0.6) is 0 Å². The van der Waals surface area contributed by atoms with Crippen LogP contribution >= 0.6 is 0 Å². The van der Waals surface area contributed by atoms with E-state index in [9.17, 15) is 28.8 Å². The Kier molecular flexibility index (Phi) is 9.00. The minimum absolute atomic E-state index is 0.0637. The molecule has 2 aromatic rings. The molecule has 1 saturated heterocycles. The maximum absolute atomic E-state index is 12.7. The van der Waals surface area contributed by atoms with Gasteiger partial charge in [-0.1, -0.05) is 13.8 Å². The van der Waals surface area contributed by atoms with Crippen LogP contribution in [-0.4, -0.2) is 80.3 Å². The Bertz CT molecular complexity index is 1330. The molecule has 1 fully saturated rings. The van der Waals surface area contributed by atoms with Crippen molar-refractivity contribution < 1.29 is 47.7 Å². The minimum atomic E-state index is -1.35. The van der Waals surface area contributed by atoms with Crippen LogP contribution in [0.15, 0.2) is 11.1 Å². The number of hydrogen-bond acceptors (Lipinski definition) is 13. The highest BCUT2D eigenvalue weighted by molar-refractivity contribution is 5.91. The highest BCUT2D eigenvalue weighted by atomic mass is 16.7. The van der Waals surface area contributed by atoms with Crippen molar-refractivity contribution in [2.45, 2.75) is 72.2 Å². The average Bonchev–Trinajstić information content (AvgIpc) is 3.37. The van der Waals surface area contributed by atoms with E-state index in [2.05, 4.69) is 20.3 Å². The molecule has 1 aliphatic heterocycles. The van der Waals surface area contributed by atoms with Gasteiger partial charge in [-0.05, 0) is 0 Å². The van der Waals surface area contributed by atoms with Crippen LogP contribution in [0.2, 0.25) is 0 Å². The van der Waals surface area contributed by atoms with Crippen molar-refractivity contribution in [2.75, 3.05) is 11.9 Å². The maximum Gasteiger partial charge on any atom is 0.303 e. The largest absolute Gasteiger partial charge is 0.462 e. The SMILES string of the molecule is CC(=O)OC[C@H](OC(C)=O)[C@H]1O[C@@H](n2cnc3c(=O)[nH]c(NC(=O)C(C)C)nc32)[C@H](OC(C)=O)[C@@H]1OC(C)=O. The van der Waals surface area contributed by atoms with Crippen molar-refractivity contribution in [3.8, 4) is 0 Å². The third kappa shape index (κ3) is 6.95. The van der Waals surface area contributed by atoms with E-state index in [4.69, 9.17) is 23.7 Å². The lowest BCUT2D eigenvalue weighted by atomic mass is 10.0. The van der Waals surface area contributed by atoms with Crippen molar-refractivity contribution >= 4 is 46.9 Å². The number of nitrogens with one attached hydrogen (secondary N) is 2. The second-order valence-electron chi connectivity index (χ2n) is 8.97. The van der Waals surface area contributed by atoms with Gasteiger partial charge >= 0.3 is 23.9 Å². The van der Waals surface area contributed by atoms with Gasteiger partial charge < -0.3 is 23.7 Å². The van der Waals surface area contributed by atoms with Crippen LogP contribution in [0.1, 0.15) is 47.8 Å². The molecular formula is C23H29N5O11. The van der Waals surface area contributed by atoms with E-state index in [-0.39, 0.29) is 17.1 Å². The molecule has 0 saturated carbocycles. The molecule has 16 nitrogen and oxygen atoms in total. The Morgan fingerprint density at radius 3 is 2.23 bits per heavy atom. The zero-order chi connectivity index (χ0) is 29.0. The van der Waals surface area contributed by atoms with Crippen molar-refractivity contribution in [2.24, 2.45) is 5.92 Å². The zero-order valence-corrected chi connectivity index (χ0v) is 22.1. The first kappa shape index (κ1) is 29.2. The van der Waals surface area contributed by atoms with Crippen LogP contribution in [0.3, 0.4) is 0 Å². The minimum Gasteiger partial charge on any atom is -0.462 e. The topological polar surface area (TPSA) is 207 Å². The number of amides is 1. The van der Waals surface area contributed by atoms with Gasteiger partial charge in [0.2, 0.25) is 11.9 Å². The fraction of sp³-hybridized carbons (Fsp3) is 0.565. The maximum atomic E-state index is 12.7. The Hall–Kier alpha value is -4.34. The molecular weight excluding hydrogens is 522 g/mol. The van der Waals surface area contributed by atoms with E-state index in [1.165, 1.54) is 10.9 Å². The highest BCUT2D eigenvalue weighted by Gasteiger charge is 2.54. The van der Waals surface area contributed by atoms with E-state index in [0.29, 0.717) is 0 Å². The monoisotopic (exact) mass is 551 g/mol. The molecule has 2 aromatic heterocycles. The second-order valence-corrected chi connectivity index (χ2v) is 8.97. The van der Waals surface area contributed by atoms with Gasteiger partial charge in [0.15, 0.2) is 35.7 Å². The summed E-state index contributed by atoms with van der Waals surface area (Å²) in [6.45, 7) is 7.32. The van der Waals surface area contributed by atoms with Crippen LogP contribution in [0.4, 0.5) is 5.95 Å². The Morgan fingerprint density at radius 1 is 1.03 bits per heavy atom. The number of H-pyrrole nitrogens is 1. The van der Waals surface area contributed by atoms with E-state index in [0.717, 1.165) is 27.7 Å². The number of aromatic nitrogens is 4. The summed E-state index contributed by atoms with van der Waals surface area (Å²) < 4.78 is 28.5. The molecule has 0 radical (unpaired) electrons. The van der Waals surface area contributed by atoms with Crippen molar-refractivity contribution in [1.29, 1.82) is 0 Å². The molecule has 2 N–H and O–H groups in total. The first-order chi connectivity index (χ1) is 18.3. The molecule has 3 rings (SSSR count). The number of anilines is 1. The Labute approximate surface area is 221 Å². The van der Waals surface area contributed by atoms with Gasteiger partial charge in [0.05, 0.1) is 6.33 Å². The van der Waals surface area contributed by atoms with Gasteiger partial charge in [0, 0.05) is 33.6 Å². The Morgan fingerprint density at radius 2 is 1.67 bits per heavy atom. The second kappa shape index (κ2) is 12.0. The fourth-order valence-corrected chi connectivity index (χ4v) is 3.87. The molecule has 16 heteroatoms. The number of imidazole rings is 1. The number of carbonyl (C=O) groups is 5. The molecule has 39 heavy (non-hydrogen) atoms. The lowest BCUT2D eigenvalue weighted by Gasteiger charge is -2.27. The van der Waals surface area contributed by atoms with Crippen molar-refractivity contribution in [3.63, 3.8) is 0 Å². The summed E-state index contributed by atoms with van der Waals surface area (Å²) >= 11 is 0. The molecule has 0 spiro atoms. The summed E-state index contributed by atoms with van der Waals surface area (Å²) in [6, 6.07) is 0. The fourth-order valence-electron chi connectivity index (χ4n) is 3.87. The average molecular weight is 552 g/mol. The van der Waals surface area contributed by atoms with Gasteiger partial charge in [0.25, 0.3) is 5.56 Å². The van der Waals surface area contributed by atoms with Crippen LogP contribution in [0.25, 0.3) is 11.2 Å². The summed E-state index contributed by atoms with van der Waals surface area (Å²) in [5, 5.41) is 2.49. The molecule has 0 unspecified atom stereocenters. The van der Waals surface area contributed by atoms with E-state index >= 15 is 0 Å². The number of carbonyl (C=O) groups excluding carboxylic acids is 5. The quantitative estimate of drug-likeness (QED) is 0.310. The van der Waals surface area contributed by atoms with Crippen LogP contribution in [-0.2, 0) is 47.7 Å². The molecule has 3 heterocycles. The van der Waals surface area contributed by atoms with Gasteiger partial charge in [0.1, 0.15) is 12.7 Å². The third-order valence-corrected chi connectivity index (χ3v) is 5.44. The molecule has 0 bridgehead atoms. The number of rotatable bonds is 9. The molecule has 212 valence electrons. The van der Waals surface area contributed by atoms with E-state index in [1.54, 1.807) is 13.8 Å². The predicted octanol–water partition coefficient (Wildman–Crippen LogP) is -0.0303. The lowest BCUT2D eigenvalue weighted by Crippen LogP contribution is -2.46. The van der Waals surface area contributed by atoms with E-state index < -0.39 is 78.5 Å². The van der Waals surface area contributed by atoms with Gasteiger partial charge in [-0.15, -0.1) is 0 Å². The number of ether oxygens (including phenoxy) is 5. The number of esters is 4. The number of hydrogen-bond donors (Lipinski definition) is 2. The first-order valence-electron chi connectivity index (χ1n) is 11.9.